The van der Waals surface area contributed by atoms with Gasteiger partial charge in [-0.15, -0.1) is 0 Å². The lowest BCUT2D eigenvalue weighted by atomic mass is 9.83. The summed E-state index contributed by atoms with van der Waals surface area (Å²) in [5.74, 6) is -0.132. The number of carbonyl (C=O) groups excluding carboxylic acids is 1. The largest absolute Gasteiger partial charge is 0.465 e. The Morgan fingerprint density at radius 1 is 1.39 bits per heavy atom. The second-order valence-electron chi connectivity index (χ2n) is 5.42. The molecule has 106 valence electrons. The Balaban J connectivity index is 2.88. The normalized spacial score (nSPS) is 34.1. The second kappa shape index (κ2) is 6.53. The summed E-state index contributed by atoms with van der Waals surface area (Å²) in [6.45, 7) is 10.5. The van der Waals surface area contributed by atoms with Crippen LogP contribution in [-0.4, -0.2) is 36.4 Å². The third kappa shape index (κ3) is 3.69. The summed E-state index contributed by atoms with van der Waals surface area (Å²) >= 11 is 0. The number of rotatable bonds is 5. The van der Waals surface area contributed by atoms with Crippen LogP contribution in [0.2, 0.25) is 0 Å². The molecule has 0 amide bonds. The zero-order valence-corrected chi connectivity index (χ0v) is 12.3. The van der Waals surface area contributed by atoms with E-state index in [9.17, 15) is 4.79 Å². The Morgan fingerprint density at radius 2 is 1.94 bits per heavy atom. The molecule has 18 heavy (non-hydrogen) atoms. The van der Waals surface area contributed by atoms with Crippen molar-refractivity contribution < 1.29 is 14.3 Å². The van der Waals surface area contributed by atoms with Gasteiger partial charge in [-0.1, -0.05) is 6.92 Å². The van der Waals surface area contributed by atoms with Crippen molar-refractivity contribution in [3.05, 3.63) is 0 Å². The fourth-order valence-electron chi connectivity index (χ4n) is 2.74. The predicted octanol–water partition coefficient (Wildman–Crippen LogP) is 2.26. The maximum atomic E-state index is 12.3. The van der Waals surface area contributed by atoms with E-state index in [1.807, 2.05) is 20.8 Å². The van der Waals surface area contributed by atoms with Crippen molar-refractivity contribution in [3.63, 3.8) is 0 Å². The van der Waals surface area contributed by atoms with Crippen LogP contribution in [0.5, 0.6) is 0 Å². The Morgan fingerprint density at radius 3 is 2.39 bits per heavy atom. The van der Waals surface area contributed by atoms with Gasteiger partial charge in [0.05, 0.1) is 18.8 Å². The average molecular weight is 257 g/mol. The summed E-state index contributed by atoms with van der Waals surface area (Å²) in [7, 11) is 0. The molecule has 1 heterocycles. The van der Waals surface area contributed by atoms with E-state index in [0.717, 1.165) is 6.42 Å². The van der Waals surface area contributed by atoms with E-state index < -0.39 is 5.54 Å². The number of ether oxygens (including phenoxy) is 2. The van der Waals surface area contributed by atoms with Crippen LogP contribution in [0, 0.1) is 0 Å². The molecule has 3 unspecified atom stereocenters. The van der Waals surface area contributed by atoms with Gasteiger partial charge < -0.3 is 9.47 Å². The zero-order chi connectivity index (χ0) is 13.8. The van der Waals surface area contributed by atoms with Crippen molar-refractivity contribution in [2.75, 3.05) is 6.61 Å². The van der Waals surface area contributed by atoms with Gasteiger partial charge in [0, 0.05) is 18.9 Å². The first kappa shape index (κ1) is 15.4. The summed E-state index contributed by atoms with van der Waals surface area (Å²) < 4.78 is 11.0. The minimum atomic E-state index is -0.581. The molecule has 0 aromatic heterocycles. The van der Waals surface area contributed by atoms with Crippen molar-refractivity contribution in [2.45, 2.75) is 77.7 Å². The highest BCUT2D eigenvalue weighted by Gasteiger charge is 2.46. The van der Waals surface area contributed by atoms with Crippen LogP contribution in [-0.2, 0) is 14.3 Å². The molecular formula is C14H27NO3. The summed E-state index contributed by atoms with van der Waals surface area (Å²) in [5.41, 5.74) is -0.581. The topological polar surface area (TPSA) is 47.6 Å². The van der Waals surface area contributed by atoms with Crippen LogP contribution >= 0.6 is 0 Å². The lowest BCUT2D eigenvalue weighted by molar-refractivity contribution is -0.162. The molecule has 3 atom stereocenters. The molecule has 1 rings (SSSR count). The van der Waals surface area contributed by atoms with Crippen LogP contribution < -0.4 is 5.32 Å². The SMILES string of the molecule is CCOC(=O)C1(NC(C)CC)CC(C)OC(C)C1. The first-order valence-electron chi connectivity index (χ1n) is 7.04. The van der Waals surface area contributed by atoms with E-state index >= 15 is 0 Å². The van der Waals surface area contributed by atoms with E-state index in [4.69, 9.17) is 9.47 Å². The molecule has 1 N–H and O–H groups in total. The molecule has 1 aliphatic heterocycles. The maximum Gasteiger partial charge on any atom is 0.326 e. The van der Waals surface area contributed by atoms with E-state index in [1.54, 1.807) is 0 Å². The molecule has 0 spiro atoms. The van der Waals surface area contributed by atoms with Crippen LogP contribution in [0.25, 0.3) is 0 Å². The maximum absolute atomic E-state index is 12.3. The molecule has 4 nitrogen and oxygen atoms in total. The van der Waals surface area contributed by atoms with E-state index in [0.29, 0.717) is 25.5 Å². The molecule has 4 heteroatoms. The van der Waals surface area contributed by atoms with Gasteiger partial charge in [-0.3, -0.25) is 10.1 Å². The standard InChI is InChI=1S/C14H27NO3/c1-6-10(3)15-14(13(16)17-7-2)8-11(4)18-12(5)9-14/h10-12,15H,6-9H2,1-5H3. The Hall–Kier alpha value is -0.610. The van der Waals surface area contributed by atoms with Crippen molar-refractivity contribution in [3.8, 4) is 0 Å². The van der Waals surface area contributed by atoms with E-state index in [2.05, 4.69) is 19.2 Å². The highest BCUT2D eigenvalue weighted by molar-refractivity contribution is 5.81. The van der Waals surface area contributed by atoms with Gasteiger partial charge in [0.1, 0.15) is 5.54 Å². The average Bonchev–Trinajstić information content (AvgIpc) is 2.27. The summed E-state index contributed by atoms with van der Waals surface area (Å²) in [4.78, 5) is 12.3. The molecule has 1 aliphatic rings. The molecule has 0 saturated carbocycles. The van der Waals surface area contributed by atoms with Gasteiger partial charge >= 0.3 is 5.97 Å². The summed E-state index contributed by atoms with van der Waals surface area (Å²) in [6.07, 6.45) is 2.51. The molecule has 0 aromatic carbocycles. The minimum absolute atomic E-state index is 0.0784. The lowest BCUT2D eigenvalue weighted by Gasteiger charge is -2.42. The number of esters is 1. The number of nitrogens with one attached hydrogen (secondary N) is 1. The molecule has 0 bridgehead atoms. The van der Waals surface area contributed by atoms with Crippen molar-refractivity contribution in [1.82, 2.24) is 5.32 Å². The fraction of sp³-hybridized carbons (Fsp3) is 0.929. The lowest BCUT2D eigenvalue weighted by Crippen LogP contribution is -2.61. The smallest absolute Gasteiger partial charge is 0.326 e. The number of hydrogen-bond donors (Lipinski definition) is 1. The van der Waals surface area contributed by atoms with Gasteiger partial charge in [0.2, 0.25) is 0 Å². The van der Waals surface area contributed by atoms with Crippen LogP contribution in [0.3, 0.4) is 0 Å². The number of hydrogen-bond acceptors (Lipinski definition) is 4. The van der Waals surface area contributed by atoms with Gasteiger partial charge in [-0.25, -0.2) is 0 Å². The highest BCUT2D eigenvalue weighted by atomic mass is 16.5. The highest BCUT2D eigenvalue weighted by Crippen LogP contribution is 2.31. The van der Waals surface area contributed by atoms with Crippen molar-refractivity contribution in [1.29, 1.82) is 0 Å². The van der Waals surface area contributed by atoms with Crippen LogP contribution in [0.4, 0.5) is 0 Å². The molecular weight excluding hydrogens is 230 g/mol. The molecule has 0 aliphatic carbocycles. The van der Waals surface area contributed by atoms with E-state index in [1.165, 1.54) is 0 Å². The van der Waals surface area contributed by atoms with Gasteiger partial charge in [-0.2, -0.15) is 0 Å². The second-order valence-corrected chi connectivity index (χ2v) is 5.42. The number of carbonyl (C=O) groups is 1. The molecule has 1 fully saturated rings. The van der Waals surface area contributed by atoms with Crippen molar-refractivity contribution >= 4 is 5.97 Å². The Labute approximate surface area is 110 Å². The Bertz CT molecular complexity index is 270. The monoisotopic (exact) mass is 257 g/mol. The summed E-state index contributed by atoms with van der Waals surface area (Å²) in [6, 6.07) is 0.298. The quantitative estimate of drug-likeness (QED) is 0.768. The fourth-order valence-corrected chi connectivity index (χ4v) is 2.74. The third-order valence-electron chi connectivity index (χ3n) is 3.54. The molecule has 0 radical (unpaired) electrons. The van der Waals surface area contributed by atoms with E-state index in [-0.39, 0.29) is 18.2 Å². The van der Waals surface area contributed by atoms with Gasteiger partial charge in [0.15, 0.2) is 0 Å². The van der Waals surface area contributed by atoms with Crippen LogP contribution in [0.1, 0.15) is 53.9 Å². The first-order valence-corrected chi connectivity index (χ1v) is 7.04. The Kier molecular flexibility index (Phi) is 5.60. The van der Waals surface area contributed by atoms with Crippen molar-refractivity contribution in [2.24, 2.45) is 0 Å². The zero-order valence-electron chi connectivity index (χ0n) is 12.3. The predicted molar refractivity (Wildman–Crippen MR) is 71.5 cm³/mol. The summed E-state index contributed by atoms with van der Waals surface area (Å²) in [5, 5.41) is 3.47. The minimum Gasteiger partial charge on any atom is -0.465 e. The molecule has 0 aromatic rings. The molecule has 1 saturated heterocycles. The first-order chi connectivity index (χ1) is 8.43. The van der Waals surface area contributed by atoms with Gasteiger partial charge in [-0.05, 0) is 34.1 Å². The third-order valence-corrected chi connectivity index (χ3v) is 3.54. The van der Waals surface area contributed by atoms with Crippen LogP contribution in [0.15, 0.2) is 0 Å². The van der Waals surface area contributed by atoms with Gasteiger partial charge in [0.25, 0.3) is 0 Å².